The SMILES string of the molecule is O=C1Nc2ccc(Br)cc2C12CCN(c1ccc(C(F)(F)F)nn1)CC2. The van der Waals surface area contributed by atoms with E-state index in [0.29, 0.717) is 31.7 Å². The van der Waals surface area contributed by atoms with Gasteiger partial charge in [-0.1, -0.05) is 15.9 Å². The zero-order valence-corrected chi connectivity index (χ0v) is 15.1. The number of piperidine rings is 1. The zero-order valence-electron chi connectivity index (χ0n) is 13.5. The number of hydrogen-bond donors (Lipinski definition) is 1. The van der Waals surface area contributed by atoms with Crippen LogP contribution in [0.25, 0.3) is 0 Å². The number of benzene rings is 1. The standard InChI is InChI=1S/C17H14BrF3N4O/c18-10-1-2-12-11(9-10)16(15(26)22-12)5-7-25(8-6-16)14-4-3-13(23-24-14)17(19,20)21/h1-4,9H,5-8H2,(H,22,26). The molecule has 1 amide bonds. The molecule has 1 spiro atoms. The molecule has 2 aliphatic heterocycles. The molecule has 1 aromatic heterocycles. The third kappa shape index (κ3) is 2.74. The molecule has 0 aliphatic carbocycles. The lowest BCUT2D eigenvalue weighted by Crippen LogP contribution is -2.46. The first kappa shape index (κ1) is 17.3. The minimum atomic E-state index is -4.50. The zero-order chi connectivity index (χ0) is 18.5. The Bertz CT molecular complexity index is 861. The normalized spacial score (nSPS) is 18.8. The van der Waals surface area contributed by atoms with Crippen LogP contribution in [-0.4, -0.2) is 29.2 Å². The van der Waals surface area contributed by atoms with Gasteiger partial charge in [0.2, 0.25) is 5.91 Å². The van der Waals surface area contributed by atoms with E-state index in [1.165, 1.54) is 6.07 Å². The second-order valence-corrected chi connectivity index (χ2v) is 7.40. The number of amides is 1. The second kappa shape index (κ2) is 5.94. The van der Waals surface area contributed by atoms with Crippen molar-refractivity contribution in [3.8, 4) is 0 Å². The van der Waals surface area contributed by atoms with Crippen LogP contribution in [0, 0.1) is 0 Å². The van der Waals surface area contributed by atoms with Crippen molar-refractivity contribution in [3.63, 3.8) is 0 Å². The molecule has 9 heteroatoms. The summed E-state index contributed by atoms with van der Waals surface area (Å²) in [6.45, 7) is 1.03. The third-order valence-corrected chi connectivity index (χ3v) is 5.56. The molecule has 5 nitrogen and oxygen atoms in total. The molecular formula is C17H14BrF3N4O. The van der Waals surface area contributed by atoms with E-state index in [1.54, 1.807) is 0 Å². The number of rotatable bonds is 1. The van der Waals surface area contributed by atoms with E-state index >= 15 is 0 Å². The van der Waals surface area contributed by atoms with Gasteiger partial charge in [0.1, 0.15) is 0 Å². The van der Waals surface area contributed by atoms with Crippen molar-refractivity contribution < 1.29 is 18.0 Å². The fourth-order valence-electron chi connectivity index (χ4n) is 3.64. The molecule has 1 aromatic carbocycles. The second-order valence-electron chi connectivity index (χ2n) is 6.49. The fraction of sp³-hybridized carbons (Fsp3) is 0.353. The van der Waals surface area contributed by atoms with Crippen LogP contribution in [0.15, 0.2) is 34.8 Å². The predicted octanol–water partition coefficient (Wildman–Crippen LogP) is 3.75. The molecule has 2 aromatic rings. The minimum Gasteiger partial charge on any atom is -0.355 e. The maximum absolute atomic E-state index is 12.6. The van der Waals surface area contributed by atoms with Crippen molar-refractivity contribution >= 4 is 33.3 Å². The van der Waals surface area contributed by atoms with Crippen LogP contribution in [0.1, 0.15) is 24.1 Å². The highest BCUT2D eigenvalue weighted by molar-refractivity contribution is 9.10. The van der Waals surface area contributed by atoms with Gasteiger partial charge in [-0.25, -0.2) is 0 Å². The van der Waals surface area contributed by atoms with Crippen LogP contribution >= 0.6 is 15.9 Å². The van der Waals surface area contributed by atoms with Gasteiger partial charge in [0.05, 0.1) is 5.41 Å². The fourth-order valence-corrected chi connectivity index (χ4v) is 4.01. The van der Waals surface area contributed by atoms with Gasteiger partial charge in [-0.3, -0.25) is 4.79 Å². The Morgan fingerprint density at radius 2 is 1.85 bits per heavy atom. The third-order valence-electron chi connectivity index (χ3n) is 5.06. The monoisotopic (exact) mass is 426 g/mol. The summed E-state index contributed by atoms with van der Waals surface area (Å²) in [7, 11) is 0. The van der Waals surface area contributed by atoms with Crippen LogP contribution in [0.5, 0.6) is 0 Å². The van der Waals surface area contributed by atoms with Crippen molar-refractivity contribution in [2.75, 3.05) is 23.3 Å². The van der Waals surface area contributed by atoms with E-state index in [0.717, 1.165) is 21.8 Å². The summed E-state index contributed by atoms with van der Waals surface area (Å²) >= 11 is 3.45. The summed E-state index contributed by atoms with van der Waals surface area (Å²) in [5, 5.41) is 9.92. The first-order valence-electron chi connectivity index (χ1n) is 8.07. The quantitative estimate of drug-likeness (QED) is 0.754. The summed E-state index contributed by atoms with van der Waals surface area (Å²) < 4.78 is 38.7. The summed E-state index contributed by atoms with van der Waals surface area (Å²) in [5.74, 6) is 0.365. The van der Waals surface area contributed by atoms with E-state index in [2.05, 4.69) is 31.4 Å². The lowest BCUT2D eigenvalue weighted by Gasteiger charge is -2.38. The highest BCUT2D eigenvalue weighted by Crippen LogP contribution is 2.46. The van der Waals surface area contributed by atoms with E-state index < -0.39 is 17.3 Å². The van der Waals surface area contributed by atoms with Gasteiger partial charge in [-0.05, 0) is 48.7 Å². The lowest BCUT2D eigenvalue weighted by molar-refractivity contribution is -0.141. The van der Waals surface area contributed by atoms with Crippen LogP contribution < -0.4 is 10.2 Å². The molecule has 1 fully saturated rings. The number of carbonyl (C=O) groups excluding carboxylic acids is 1. The topological polar surface area (TPSA) is 58.1 Å². The maximum Gasteiger partial charge on any atom is 0.435 e. The minimum absolute atomic E-state index is 0.0243. The van der Waals surface area contributed by atoms with Crippen molar-refractivity contribution in [2.45, 2.75) is 24.4 Å². The smallest absolute Gasteiger partial charge is 0.355 e. The van der Waals surface area contributed by atoms with Crippen LogP contribution in [0.4, 0.5) is 24.7 Å². The molecule has 2 aliphatic rings. The number of halogens is 4. The number of nitrogens with one attached hydrogen (secondary N) is 1. The van der Waals surface area contributed by atoms with Gasteiger partial charge >= 0.3 is 6.18 Å². The van der Waals surface area contributed by atoms with E-state index in [4.69, 9.17) is 0 Å². The van der Waals surface area contributed by atoms with Gasteiger partial charge in [0.25, 0.3) is 0 Å². The summed E-state index contributed by atoms with van der Waals surface area (Å²) in [6.07, 6.45) is -3.38. The summed E-state index contributed by atoms with van der Waals surface area (Å²) in [6, 6.07) is 7.97. The maximum atomic E-state index is 12.6. The van der Waals surface area contributed by atoms with Gasteiger partial charge in [-0.2, -0.15) is 13.2 Å². The molecule has 0 saturated carbocycles. The average molecular weight is 427 g/mol. The van der Waals surface area contributed by atoms with E-state index in [9.17, 15) is 18.0 Å². The van der Waals surface area contributed by atoms with Crippen LogP contribution in [0.2, 0.25) is 0 Å². The molecule has 0 radical (unpaired) electrons. The Labute approximate surface area is 155 Å². The van der Waals surface area contributed by atoms with Crippen molar-refractivity contribution in [1.29, 1.82) is 0 Å². The van der Waals surface area contributed by atoms with Gasteiger partial charge in [-0.15, -0.1) is 10.2 Å². The number of fused-ring (bicyclic) bond motifs is 2. The molecule has 1 N–H and O–H groups in total. The highest BCUT2D eigenvalue weighted by Gasteiger charge is 2.48. The molecule has 4 rings (SSSR count). The number of hydrogen-bond acceptors (Lipinski definition) is 4. The Morgan fingerprint density at radius 3 is 2.46 bits per heavy atom. The van der Waals surface area contributed by atoms with Gasteiger partial charge < -0.3 is 10.2 Å². The number of nitrogens with zero attached hydrogens (tertiary/aromatic N) is 3. The number of carbonyl (C=O) groups is 1. The van der Waals surface area contributed by atoms with Crippen molar-refractivity contribution in [2.24, 2.45) is 0 Å². The van der Waals surface area contributed by atoms with Crippen LogP contribution in [-0.2, 0) is 16.4 Å². The first-order chi connectivity index (χ1) is 12.3. The Morgan fingerprint density at radius 1 is 1.12 bits per heavy atom. The van der Waals surface area contributed by atoms with E-state index in [1.807, 2.05) is 23.1 Å². The van der Waals surface area contributed by atoms with Crippen LogP contribution in [0.3, 0.4) is 0 Å². The van der Waals surface area contributed by atoms with Gasteiger partial charge in [0, 0.05) is 23.2 Å². The summed E-state index contributed by atoms with van der Waals surface area (Å²) in [5.41, 5.74) is 0.175. The largest absolute Gasteiger partial charge is 0.435 e. The number of anilines is 2. The number of aromatic nitrogens is 2. The first-order valence-corrected chi connectivity index (χ1v) is 8.86. The molecule has 136 valence electrons. The van der Waals surface area contributed by atoms with Crippen molar-refractivity contribution in [3.05, 3.63) is 46.1 Å². The van der Waals surface area contributed by atoms with Crippen molar-refractivity contribution in [1.82, 2.24) is 10.2 Å². The average Bonchev–Trinajstić information content (AvgIpc) is 2.87. The van der Waals surface area contributed by atoms with E-state index in [-0.39, 0.29) is 5.91 Å². The van der Waals surface area contributed by atoms with Gasteiger partial charge in [0.15, 0.2) is 11.5 Å². The molecule has 26 heavy (non-hydrogen) atoms. The Balaban J connectivity index is 1.55. The molecule has 0 bridgehead atoms. The number of alkyl halides is 3. The molecular weight excluding hydrogens is 413 g/mol. The molecule has 1 saturated heterocycles. The lowest BCUT2D eigenvalue weighted by atomic mass is 9.73. The molecule has 0 atom stereocenters. The molecule has 3 heterocycles. The highest BCUT2D eigenvalue weighted by atomic mass is 79.9. The summed E-state index contributed by atoms with van der Waals surface area (Å²) in [4.78, 5) is 14.5. The Kier molecular flexibility index (Phi) is 3.94. The molecule has 0 unspecified atom stereocenters. The Hall–Kier alpha value is -2.16. The predicted molar refractivity (Wildman–Crippen MR) is 92.9 cm³/mol.